The Balaban J connectivity index is 1.64. The Morgan fingerprint density at radius 1 is 1.03 bits per heavy atom. The Morgan fingerprint density at radius 3 is 2.34 bits per heavy atom. The Morgan fingerprint density at radius 2 is 1.72 bits per heavy atom. The summed E-state index contributed by atoms with van der Waals surface area (Å²) in [5, 5.41) is 17.2. The van der Waals surface area contributed by atoms with Gasteiger partial charge in [-0.05, 0) is 35.4 Å². The lowest BCUT2D eigenvalue weighted by Gasteiger charge is -2.12. The molecule has 0 aliphatic heterocycles. The normalized spacial score (nSPS) is 11.1. The van der Waals surface area contributed by atoms with Crippen LogP contribution >= 0.6 is 0 Å². The summed E-state index contributed by atoms with van der Waals surface area (Å²) in [7, 11) is 1.63. The molecule has 0 bridgehead atoms. The van der Waals surface area contributed by atoms with Crippen LogP contribution in [0.25, 0.3) is 0 Å². The minimum absolute atomic E-state index is 0.0677. The lowest BCUT2D eigenvalue weighted by Crippen LogP contribution is -2.36. The lowest BCUT2D eigenvalue weighted by molar-refractivity contribution is -0.384. The molecule has 0 aliphatic carbocycles. The summed E-state index contributed by atoms with van der Waals surface area (Å²) in [5.41, 5.74) is 2.02. The van der Waals surface area contributed by atoms with Crippen molar-refractivity contribution in [3.8, 4) is 5.75 Å². The number of non-ortho nitro benzene ring substituents is 1. The first kappa shape index (κ1) is 19.9. The maximum Gasteiger partial charge on any atom is 0.269 e. The molecule has 3 rings (SSSR count). The van der Waals surface area contributed by atoms with E-state index in [0.717, 1.165) is 22.6 Å². The summed E-state index contributed by atoms with van der Waals surface area (Å²) in [6.07, 6.45) is 1.62. The maximum absolute atomic E-state index is 10.8. The van der Waals surface area contributed by atoms with Crippen LogP contribution in [0.15, 0.2) is 76.3 Å². The molecule has 8 heteroatoms. The van der Waals surface area contributed by atoms with Gasteiger partial charge in [0.05, 0.1) is 31.4 Å². The van der Waals surface area contributed by atoms with Gasteiger partial charge in [-0.1, -0.05) is 24.3 Å². The topological polar surface area (TPSA) is 102 Å². The number of nitro groups is 1. The lowest BCUT2D eigenvalue weighted by atomic mass is 10.2. The highest BCUT2D eigenvalue weighted by Gasteiger charge is 2.06. The molecule has 0 radical (unpaired) electrons. The first-order valence-electron chi connectivity index (χ1n) is 9.05. The Labute approximate surface area is 168 Å². The minimum Gasteiger partial charge on any atom is -0.497 e. The Hall–Kier alpha value is -3.81. The van der Waals surface area contributed by atoms with Crippen molar-refractivity contribution in [1.29, 1.82) is 0 Å². The average Bonchev–Trinajstić information content (AvgIpc) is 3.27. The van der Waals surface area contributed by atoms with Gasteiger partial charge >= 0.3 is 0 Å². The Kier molecular flexibility index (Phi) is 6.83. The van der Waals surface area contributed by atoms with Crippen LogP contribution in [0.3, 0.4) is 0 Å². The van der Waals surface area contributed by atoms with Gasteiger partial charge in [-0.2, -0.15) is 0 Å². The number of hydrogen-bond acceptors (Lipinski definition) is 5. The van der Waals surface area contributed by atoms with E-state index in [9.17, 15) is 10.1 Å². The SMILES string of the molecule is COc1ccc(CN=C(NCc2ccc([N+](=O)[O-])cc2)NCc2ccco2)cc1. The van der Waals surface area contributed by atoms with Gasteiger partial charge in [-0.25, -0.2) is 4.99 Å². The number of rotatable bonds is 8. The Bertz CT molecular complexity index is 936. The van der Waals surface area contributed by atoms with Crippen molar-refractivity contribution >= 4 is 11.6 Å². The van der Waals surface area contributed by atoms with Crippen LogP contribution in [0.4, 0.5) is 5.69 Å². The first-order valence-corrected chi connectivity index (χ1v) is 9.05. The van der Waals surface area contributed by atoms with Gasteiger partial charge in [0.25, 0.3) is 5.69 Å². The van der Waals surface area contributed by atoms with E-state index in [4.69, 9.17) is 9.15 Å². The third-order valence-corrected chi connectivity index (χ3v) is 4.20. The van der Waals surface area contributed by atoms with Crippen molar-refractivity contribution < 1.29 is 14.1 Å². The second-order valence-electron chi connectivity index (χ2n) is 6.22. The summed E-state index contributed by atoms with van der Waals surface area (Å²) in [5.74, 6) is 2.19. The zero-order valence-electron chi connectivity index (χ0n) is 16.0. The number of nitrogens with one attached hydrogen (secondary N) is 2. The predicted molar refractivity (Wildman–Crippen MR) is 110 cm³/mol. The zero-order chi connectivity index (χ0) is 20.5. The minimum atomic E-state index is -0.413. The van der Waals surface area contributed by atoms with Gasteiger partial charge < -0.3 is 19.8 Å². The average molecular weight is 394 g/mol. The molecular weight excluding hydrogens is 372 g/mol. The number of nitrogens with zero attached hydrogens (tertiary/aromatic N) is 2. The summed E-state index contributed by atoms with van der Waals surface area (Å²) < 4.78 is 10.5. The molecule has 3 aromatic rings. The molecule has 2 aromatic carbocycles. The third-order valence-electron chi connectivity index (χ3n) is 4.20. The fourth-order valence-electron chi connectivity index (χ4n) is 2.58. The van der Waals surface area contributed by atoms with E-state index in [-0.39, 0.29) is 5.69 Å². The van der Waals surface area contributed by atoms with Gasteiger partial charge in [-0.15, -0.1) is 0 Å². The molecule has 150 valence electrons. The molecule has 8 nitrogen and oxygen atoms in total. The van der Waals surface area contributed by atoms with E-state index >= 15 is 0 Å². The van der Waals surface area contributed by atoms with Crippen LogP contribution in [0, 0.1) is 10.1 Å². The van der Waals surface area contributed by atoms with Crippen molar-refractivity contribution in [2.75, 3.05) is 7.11 Å². The molecule has 0 atom stereocenters. The molecule has 0 unspecified atom stereocenters. The molecular formula is C21H22N4O4. The van der Waals surface area contributed by atoms with Crippen LogP contribution in [0.5, 0.6) is 5.75 Å². The van der Waals surface area contributed by atoms with E-state index in [1.165, 1.54) is 12.1 Å². The van der Waals surface area contributed by atoms with Crippen LogP contribution in [-0.2, 0) is 19.6 Å². The highest BCUT2D eigenvalue weighted by molar-refractivity contribution is 5.79. The largest absolute Gasteiger partial charge is 0.497 e. The van der Waals surface area contributed by atoms with Crippen LogP contribution in [-0.4, -0.2) is 18.0 Å². The monoisotopic (exact) mass is 394 g/mol. The van der Waals surface area contributed by atoms with Crippen molar-refractivity contribution in [3.05, 3.63) is 93.9 Å². The van der Waals surface area contributed by atoms with Gasteiger partial charge in [0.15, 0.2) is 5.96 Å². The van der Waals surface area contributed by atoms with E-state index in [1.54, 1.807) is 25.5 Å². The highest BCUT2D eigenvalue weighted by Crippen LogP contribution is 2.13. The summed E-state index contributed by atoms with van der Waals surface area (Å²) in [4.78, 5) is 15.0. The maximum atomic E-state index is 10.8. The molecule has 1 heterocycles. The van der Waals surface area contributed by atoms with Gasteiger partial charge in [-0.3, -0.25) is 10.1 Å². The molecule has 0 saturated carbocycles. The number of ether oxygens (including phenoxy) is 1. The number of nitro benzene ring substituents is 1. The van der Waals surface area contributed by atoms with Crippen LogP contribution in [0.1, 0.15) is 16.9 Å². The summed E-state index contributed by atoms with van der Waals surface area (Å²) in [6.45, 7) is 1.45. The van der Waals surface area contributed by atoms with E-state index < -0.39 is 4.92 Å². The molecule has 0 saturated heterocycles. The molecule has 0 fully saturated rings. The predicted octanol–water partition coefficient (Wildman–Crippen LogP) is 3.63. The standard InChI is InChI=1S/C21H22N4O4/c1-28-19-10-6-17(7-11-19)14-23-21(24-15-20-3-2-12-29-20)22-13-16-4-8-18(9-5-16)25(26)27/h2-12H,13-15H2,1H3,(H2,22,23,24). The number of methoxy groups -OCH3 is 1. The number of furan rings is 1. The number of guanidine groups is 1. The molecule has 1 aromatic heterocycles. The quantitative estimate of drug-likeness (QED) is 0.262. The van der Waals surface area contributed by atoms with Gasteiger partial charge in [0.2, 0.25) is 0 Å². The van der Waals surface area contributed by atoms with Crippen molar-refractivity contribution in [2.24, 2.45) is 4.99 Å². The van der Waals surface area contributed by atoms with Crippen molar-refractivity contribution in [2.45, 2.75) is 19.6 Å². The van der Waals surface area contributed by atoms with Gasteiger partial charge in [0.1, 0.15) is 11.5 Å². The third kappa shape index (κ3) is 6.10. The smallest absolute Gasteiger partial charge is 0.269 e. The molecule has 0 aliphatic rings. The van der Waals surface area contributed by atoms with Crippen LogP contribution < -0.4 is 15.4 Å². The second-order valence-corrected chi connectivity index (χ2v) is 6.22. The number of hydrogen-bond donors (Lipinski definition) is 2. The fraction of sp³-hybridized carbons (Fsp3) is 0.190. The zero-order valence-corrected chi connectivity index (χ0v) is 16.0. The molecule has 29 heavy (non-hydrogen) atoms. The fourth-order valence-corrected chi connectivity index (χ4v) is 2.58. The number of benzene rings is 2. The second kappa shape index (κ2) is 9.93. The molecule has 2 N–H and O–H groups in total. The van der Waals surface area contributed by atoms with Gasteiger partial charge in [0, 0.05) is 18.7 Å². The summed E-state index contributed by atoms with van der Waals surface area (Å²) >= 11 is 0. The number of aliphatic imine (C=N–C) groups is 1. The first-order chi connectivity index (χ1) is 14.1. The summed E-state index contributed by atoms with van der Waals surface area (Å²) in [6, 6.07) is 17.8. The van der Waals surface area contributed by atoms with E-state index in [1.807, 2.05) is 36.4 Å². The van der Waals surface area contributed by atoms with E-state index in [0.29, 0.717) is 25.6 Å². The van der Waals surface area contributed by atoms with Crippen LogP contribution in [0.2, 0.25) is 0 Å². The van der Waals surface area contributed by atoms with E-state index in [2.05, 4.69) is 15.6 Å². The highest BCUT2D eigenvalue weighted by atomic mass is 16.6. The molecule has 0 spiro atoms. The van der Waals surface area contributed by atoms with Crippen molar-refractivity contribution in [3.63, 3.8) is 0 Å². The molecule has 0 amide bonds. The van der Waals surface area contributed by atoms with Crippen molar-refractivity contribution in [1.82, 2.24) is 10.6 Å².